The van der Waals surface area contributed by atoms with Crippen LogP contribution in [0.4, 0.5) is 0 Å². The number of allylic oxidation sites excluding steroid dienone is 1. The van der Waals surface area contributed by atoms with Gasteiger partial charge < -0.3 is 9.13 Å². The highest BCUT2D eigenvalue weighted by Crippen LogP contribution is 2.45. The molecular weight excluding hydrogens is 811 g/mol. The second kappa shape index (κ2) is 14.2. The smallest absolute Gasteiger partial charge is 0.166 e. The van der Waals surface area contributed by atoms with Gasteiger partial charge in [-0.15, -0.1) is 11.3 Å². The molecule has 1 aliphatic rings. The number of para-hydroxylation sites is 4. The molecule has 9 aromatic carbocycles. The van der Waals surface area contributed by atoms with Crippen LogP contribution in [0, 0.1) is 0 Å². The molecule has 6 heteroatoms. The van der Waals surface area contributed by atoms with Gasteiger partial charge in [0.1, 0.15) is 0 Å². The van der Waals surface area contributed by atoms with Gasteiger partial charge in [-0.2, -0.15) is 0 Å². The van der Waals surface area contributed by atoms with Gasteiger partial charge >= 0.3 is 0 Å². The fourth-order valence-electron chi connectivity index (χ4n) is 10.4. The SMILES string of the molecule is C1=Cc2cc3sc4cc(-n5c6ccccc6c6cc7ccccc7cc65)cc(-c5nc(-c6ccccc6)nc(-c6cccc7c8ccccc8n(-c8ccccc8)c67)n5)c4c3cc2CC1. The van der Waals surface area contributed by atoms with E-state index in [0.717, 1.165) is 62.8 Å². The highest BCUT2D eigenvalue weighted by Gasteiger charge is 2.24. The third-order valence-corrected chi connectivity index (χ3v) is 14.5. The summed E-state index contributed by atoms with van der Waals surface area (Å²) < 4.78 is 7.25. The predicted octanol–water partition coefficient (Wildman–Crippen LogP) is 15.5. The van der Waals surface area contributed by atoms with Gasteiger partial charge in [0.15, 0.2) is 17.5 Å². The van der Waals surface area contributed by atoms with Crippen molar-refractivity contribution in [3.63, 3.8) is 0 Å². The topological polar surface area (TPSA) is 48.5 Å². The van der Waals surface area contributed by atoms with Crippen molar-refractivity contribution in [2.75, 3.05) is 0 Å². The Balaban J connectivity index is 1.11. The van der Waals surface area contributed by atoms with Crippen LogP contribution in [-0.2, 0) is 6.42 Å². The number of hydrogen-bond donors (Lipinski definition) is 0. The highest BCUT2D eigenvalue weighted by atomic mass is 32.1. The summed E-state index contributed by atoms with van der Waals surface area (Å²) in [5, 5.41) is 9.64. The summed E-state index contributed by atoms with van der Waals surface area (Å²) in [7, 11) is 0. The summed E-state index contributed by atoms with van der Waals surface area (Å²) in [5.74, 6) is 1.90. The molecule has 5 nitrogen and oxygen atoms in total. The molecule has 0 saturated carbocycles. The number of thiophene rings is 1. The van der Waals surface area contributed by atoms with Gasteiger partial charge in [0.05, 0.1) is 22.1 Å². The van der Waals surface area contributed by atoms with Crippen LogP contribution in [-0.4, -0.2) is 24.1 Å². The van der Waals surface area contributed by atoms with Crippen molar-refractivity contribution < 1.29 is 0 Å². The fraction of sp³-hybridized carbons (Fsp3) is 0.0339. The lowest BCUT2D eigenvalue weighted by Crippen LogP contribution is -2.03. The first-order chi connectivity index (χ1) is 32.2. The van der Waals surface area contributed by atoms with Crippen LogP contribution in [0.5, 0.6) is 0 Å². The Bertz CT molecular complexity index is 4120. The molecule has 4 heterocycles. The van der Waals surface area contributed by atoms with Crippen LogP contribution in [0.2, 0.25) is 0 Å². The first-order valence-corrected chi connectivity index (χ1v) is 23.1. The predicted molar refractivity (Wildman–Crippen MR) is 273 cm³/mol. The second-order valence-corrected chi connectivity index (χ2v) is 18.2. The van der Waals surface area contributed by atoms with Gasteiger partial charge in [-0.1, -0.05) is 133 Å². The number of fused-ring (bicyclic) bond motifs is 11. The minimum absolute atomic E-state index is 0.628. The zero-order valence-electron chi connectivity index (χ0n) is 35.1. The molecule has 0 unspecified atom stereocenters. The molecule has 13 aromatic rings. The van der Waals surface area contributed by atoms with Crippen LogP contribution >= 0.6 is 11.3 Å². The largest absolute Gasteiger partial charge is 0.309 e. The Morgan fingerprint density at radius 1 is 0.431 bits per heavy atom. The molecule has 0 fully saturated rings. The second-order valence-electron chi connectivity index (χ2n) is 17.1. The molecule has 0 radical (unpaired) electrons. The summed E-state index contributed by atoms with van der Waals surface area (Å²) in [4.78, 5) is 16.5. The molecular formula is C59H37N5S. The molecule has 0 atom stereocenters. The van der Waals surface area contributed by atoms with Gasteiger partial charge in [-0.3, -0.25) is 0 Å². The molecule has 0 spiro atoms. The Morgan fingerprint density at radius 3 is 1.91 bits per heavy atom. The van der Waals surface area contributed by atoms with E-state index in [1.807, 2.05) is 17.4 Å². The van der Waals surface area contributed by atoms with E-state index >= 15 is 0 Å². The first kappa shape index (κ1) is 36.3. The van der Waals surface area contributed by atoms with Crippen LogP contribution < -0.4 is 0 Å². The van der Waals surface area contributed by atoms with E-state index in [0.29, 0.717) is 17.5 Å². The van der Waals surface area contributed by atoms with Crippen LogP contribution in [0.3, 0.4) is 0 Å². The number of rotatable bonds is 5. The van der Waals surface area contributed by atoms with Crippen LogP contribution in [0.15, 0.2) is 194 Å². The van der Waals surface area contributed by atoms with E-state index in [1.54, 1.807) is 0 Å². The zero-order valence-corrected chi connectivity index (χ0v) is 35.9. The normalized spacial score (nSPS) is 12.7. The third kappa shape index (κ3) is 5.60. The lowest BCUT2D eigenvalue weighted by atomic mass is 9.94. The van der Waals surface area contributed by atoms with Gasteiger partial charge in [0.2, 0.25) is 0 Å². The van der Waals surface area contributed by atoms with Crippen molar-refractivity contribution in [1.29, 1.82) is 0 Å². The minimum atomic E-state index is 0.628. The van der Waals surface area contributed by atoms with Gasteiger partial charge in [0.25, 0.3) is 0 Å². The third-order valence-electron chi connectivity index (χ3n) is 13.4. The lowest BCUT2D eigenvalue weighted by molar-refractivity contribution is 0.989. The molecule has 1 aliphatic carbocycles. The van der Waals surface area contributed by atoms with Crippen molar-refractivity contribution in [2.24, 2.45) is 0 Å². The van der Waals surface area contributed by atoms with E-state index in [-0.39, 0.29) is 0 Å². The van der Waals surface area contributed by atoms with Gasteiger partial charge in [0, 0.05) is 69.8 Å². The number of aromatic nitrogens is 5. The molecule has 65 heavy (non-hydrogen) atoms. The number of nitrogens with zero attached hydrogens (tertiary/aromatic N) is 5. The van der Waals surface area contributed by atoms with E-state index in [9.17, 15) is 0 Å². The molecule has 14 rings (SSSR count). The van der Waals surface area contributed by atoms with Crippen molar-refractivity contribution in [3.05, 3.63) is 205 Å². The van der Waals surface area contributed by atoms with Gasteiger partial charge in [-0.25, -0.2) is 15.0 Å². The quantitative estimate of drug-likeness (QED) is 0.173. The zero-order chi connectivity index (χ0) is 42.6. The Labute approximate surface area is 377 Å². The Kier molecular flexibility index (Phi) is 7.91. The molecule has 0 amide bonds. The number of aryl methyl sites for hydroxylation is 1. The number of hydrogen-bond acceptors (Lipinski definition) is 4. The van der Waals surface area contributed by atoms with E-state index in [4.69, 9.17) is 15.0 Å². The molecule has 0 saturated heterocycles. The monoisotopic (exact) mass is 847 g/mol. The lowest BCUT2D eigenvalue weighted by Gasteiger charge is -2.15. The fourth-order valence-corrected chi connectivity index (χ4v) is 11.6. The average Bonchev–Trinajstić information content (AvgIpc) is 4.02. The van der Waals surface area contributed by atoms with E-state index in [1.165, 1.54) is 63.7 Å². The van der Waals surface area contributed by atoms with Gasteiger partial charge in [-0.05, 0) is 101 Å². The van der Waals surface area contributed by atoms with Crippen molar-refractivity contribution in [2.45, 2.75) is 12.8 Å². The maximum atomic E-state index is 5.62. The summed E-state index contributed by atoms with van der Waals surface area (Å²) in [6.45, 7) is 0. The van der Waals surface area contributed by atoms with Crippen LogP contribution in [0.1, 0.15) is 17.5 Å². The first-order valence-electron chi connectivity index (χ1n) is 22.2. The summed E-state index contributed by atoms with van der Waals surface area (Å²) in [5.41, 5.74) is 12.2. The summed E-state index contributed by atoms with van der Waals surface area (Å²) in [6, 6.07) is 67.8. The Morgan fingerprint density at radius 2 is 1.09 bits per heavy atom. The molecule has 0 aliphatic heterocycles. The van der Waals surface area contributed by atoms with Crippen molar-refractivity contribution in [1.82, 2.24) is 24.1 Å². The summed E-state index contributed by atoms with van der Waals surface area (Å²) >= 11 is 1.85. The minimum Gasteiger partial charge on any atom is -0.309 e. The Hall–Kier alpha value is -8.19. The summed E-state index contributed by atoms with van der Waals surface area (Å²) in [6.07, 6.45) is 6.65. The number of benzene rings is 9. The maximum absolute atomic E-state index is 5.62. The molecule has 4 aromatic heterocycles. The molecule has 0 bridgehead atoms. The standard InChI is InChI=1S/C59H37N5S/c1-3-16-36(17-4-1)57-60-58(46-27-15-26-45-43-24-11-14-29-51(43)64(56(45)46)41-22-5-2-6-23-41)62-59(61-57)49-34-42(35-54-55(49)48-31-38-19-8-10-21-40(38)33-53(48)65-54)63-50-28-13-12-25-44(50)47-30-37-18-7-9-20-39(37)32-52(47)63/h1-7,9-18,20-35H,8,19H2. The van der Waals surface area contributed by atoms with E-state index in [2.05, 4.69) is 203 Å². The molecule has 304 valence electrons. The average molecular weight is 848 g/mol. The maximum Gasteiger partial charge on any atom is 0.166 e. The molecule has 0 N–H and O–H groups in total. The van der Waals surface area contributed by atoms with Crippen molar-refractivity contribution in [3.8, 4) is 45.5 Å². The van der Waals surface area contributed by atoms with Crippen molar-refractivity contribution >= 4 is 92.0 Å². The van der Waals surface area contributed by atoms with Crippen LogP contribution in [0.25, 0.3) is 126 Å². The highest BCUT2D eigenvalue weighted by molar-refractivity contribution is 7.26. The van der Waals surface area contributed by atoms with E-state index < -0.39 is 0 Å².